The van der Waals surface area contributed by atoms with Crippen molar-refractivity contribution in [3.05, 3.63) is 29.6 Å². The number of hydrogen-bond donors (Lipinski definition) is 1. The Labute approximate surface area is 81.4 Å². The summed E-state index contributed by atoms with van der Waals surface area (Å²) < 4.78 is 26.9. The smallest absolute Gasteiger partial charge is 0.269 e. The normalized spacial score (nSPS) is 24.4. The highest BCUT2D eigenvalue weighted by atomic mass is 19.3. The van der Waals surface area contributed by atoms with E-state index in [1.807, 2.05) is 6.07 Å². The van der Waals surface area contributed by atoms with Gasteiger partial charge in [0.25, 0.3) is 5.92 Å². The van der Waals surface area contributed by atoms with Gasteiger partial charge in [-0.1, -0.05) is 6.07 Å². The zero-order chi connectivity index (χ0) is 10.2. The Morgan fingerprint density at radius 1 is 1.57 bits per heavy atom. The van der Waals surface area contributed by atoms with Crippen LogP contribution >= 0.6 is 0 Å². The summed E-state index contributed by atoms with van der Waals surface area (Å²) in [5.41, 5.74) is 1.42. The molecule has 1 heterocycles. The summed E-state index contributed by atoms with van der Waals surface area (Å²) in [5.74, 6) is -2.68. The Hall–Kier alpha value is -1.03. The lowest BCUT2D eigenvalue weighted by Crippen LogP contribution is -2.40. The highest BCUT2D eigenvalue weighted by Gasteiger charge is 2.44. The van der Waals surface area contributed by atoms with Gasteiger partial charge in [-0.15, -0.1) is 0 Å². The number of fused-ring (bicyclic) bond motifs is 1. The van der Waals surface area contributed by atoms with Crippen LogP contribution in [0.1, 0.15) is 23.7 Å². The number of alkyl halides is 2. The molecule has 1 aliphatic carbocycles. The molecule has 1 unspecified atom stereocenters. The quantitative estimate of drug-likeness (QED) is 0.745. The van der Waals surface area contributed by atoms with E-state index < -0.39 is 12.0 Å². The van der Waals surface area contributed by atoms with Crippen LogP contribution in [0.3, 0.4) is 0 Å². The largest absolute Gasteiger partial charge is 0.307 e. The van der Waals surface area contributed by atoms with Crippen LogP contribution in [0.15, 0.2) is 18.3 Å². The molecule has 1 aliphatic rings. The minimum Gasteiger partial charge on any atom is -0.307 e. The molecule has 2 nitrogen and oxygen atoms in total. The highest BCUT2D eigenvalue weighted by molar-refractivity contribution is 5.28. The van der Waals surface area contributed by atoms with Crippen molar-refractivity contribution >= 4 is 0 Å². The van der Waals surface area contributed by atoms with E-state index >= 15 is 0 Å². The number of nitrogens with one attached hydrogen (secondary N) is 1. The predicted molar refractivity (Wildman–Crippen MR) is 49.3 cm³/mol. The Balaban J connectivity index is 2.45. The van der Waals surface area contributed by atoms with Crippen molar-refractivity contribution in [2.24, 2.45) is 0 Å². The van der Waals surface area contributed by atoms with E-state index in [9.17, 15) is 8.78 Å². The lowest BCUT2D eigenvalue weighted by atomic mass is 9.89. The maximum absolute atomic E-state index is 13.4. The van der Waals surface area contributed by atoms with E-state index in [4.69, 9.17) is 0 Å². The van der Waals surface area contributed by atoms with Gasteiger partial charge in [-0.3, -0.25) is 4.98 Å². The first kappa shape index (κ1) is 9.52. The third-order valence-corrected chi connectivity index (χ3v) is 2.64. The van der Waals surface area contributed by atoms with Crippen LogP contribution in [-0.4, -0.2) is 18.0 Å². The Bertz CT molecular complexity index is 339. The van der Waals surface area contributed by atoms with Crippen molar-refractivity contribution < 1.29 is 8.78 Å². The number of pyridine rings is 1. The average molecular weight is 198 g/mol. The molecule has 0 saturated carbocycles. The minimum atomic E-state index is -2.68. The number of aryl methyl sites for hydroxylation is 1. The van der Waals surface area contributed by atoms with Gasteiger partial charge >= 0.3 is 0 Å². The molecule has 2 rings (SSSR count). The molecule has 0 aromatic carbocycles. The van der Waals surface area contributed by atoms with E-state index in [-0.39, 0.29) is 6.42 Å². The SMILES string of the molecule is CNC1c2ncccc2CCC1(F)F. The summed E-state index contributed by atoms with van der Waals surface area (Å²) in [7, 11) is 1.54. The van der Waals surface area contributed by atoms with Gasteiger partial charge in [-0.25, -0.2) is 8.78 Å². The summed E-state index contributed by atoms with van der Waals surface area (Å²) in [6, 6.07) is 2.71. The first-order chi connectivity index (χ1) is 6.65. The zero-order valence-electron chi connectivity index (χ0n) is 7.93. The highest BCUT2D eigenvalue weighted by Crippen LogP contribution is 2.39. The van der Waals surface area contributed by atoms with Gasteiger partial charge in [0.1, 0.15) is 6.04 Å². The van der Waals surface area contributed by atoms with Gasteiger partial charge in [-0.05, 0) is 25.1 Å². The van der Waals surface area contributed by atoms with E-state index in [0.29, 0.717) is 12.1 Å². The molecular formula is C10H12F2N2. The number of nitrogens with zero attached hydrogens (tertiary/aromatic N) is 1. The summed E-state index contributed by atoms with van der Waals surface area (Å²) in [6.07, 6.45) is 1.87. The van der Waals surface area contributed by atoms with Crippen LogP contribution in [0.2, 0.25) is 0 Å². The van der Waals surface area contributed by atoms with Crippen LogP contribution in [0, 0.1) is 0 Å². The molecule has 14 heavy (non-hydrogen) atoms. The maximum atomic E-state index is 13.4. The molecule has 0 aliphatic heterocycles. The Morgan fingerprint density at radius 3 is 3.07 bits per heavy atom. The summed E-state index contributed by atoms with van der Waals surface area (Å²) in [5, 5.41) is 2.64. The van der Waals surface area contributed by atoms with Crippen LogP contribution in [0.25, 0.3) is 0 Å². The van der Waals surface area contributed by atoms with Crippen molar-refractivity contribution in [1.29, 1.82) is 0 Å². The predicted octanol–water partition coefficient (Wildman–Crippen LogP) is 1.92. The fourth-order valence-electron chi connectivity index (χ4n) is 1.92. The minimum absolute atomic E-state index is 0.100. The molecular weight excluding hydrogens is 186 g/mol. The molecule has 0 bridgehead atoms. The summed E-state index contributed by atoms with van der Waals surface area (Å²) >= 11 is 0. The van der Waals surface area contributed by atoms with Crippen molar-refractivity contribution in [2.45, 2.75) is 24.8 Å². The first-order valence-electron chi connectivity index (χ1n) is 4.64. The fourth-order valence-corrected chi connectivity index (χ4v) is 1.92. The molecule has 0 radical (unpaired) electrons. The summed E-state index contributed by atoms with van der Waals surface area (Å²) in [4.78, 5) is 4.02. The number of rotatable bonds is 1. The van der Waals surface area contributed by atoms with E-state index in [1.54, 1.807) is 19.3 Å². The van der Waals surface area contributed by atoms with E-state index in [1.165, 1.54) is 0 Å². The van der Waals surface area contributed by atoms with Gasteiger partial charge in [0.05, 0.1) is 5.69 Å². The van der Waals surface area contributed by atoms with Gasteiger partial charge in [0.2, 0.25) is 0 Å². The molecule has 1 N–H and O–H groups in total. The fraction of sp³-hybridized carbons (Fsp3) is 0.500. The third-order valence-electron chi connectivity index (χ3n) is 2.64. The van der Waals surface area contributed by atoms with Crippen molar-refractivity contribution in [3.8, 4) is 0 Å². The first-order valence-corrected chi connectivity index (χ1v) is 4.64. The van der Waals surface area contributed by atoms with Crippen LogP contribution in [0.4, 0.5) is 8.78 Å². The van der Waals surface area contributed by atoms with Crippen molar-refractivity contribution in [3.63, 3.8) is 0 Å². The molecule has 76 valence electrons. The topological polar surface area (TPSA) is 24.9 Å². The summed E-state index contributed by atoms with van der Waals surface area (Å²) in [6.45, 7) is 0. The lowest BCUT2D eigenvalue weighted by Gasteiger charge is -2.31. The molecule has 1 aromatic heterocycles. The Kier molecular flexibility index (Phi) is 2.23. The molecule has 1 aromatic rings. The lowest BCUT2D eigenvalue weighted by molar-refractivity contribution is -0.0512. The third kappa shape index (κ3) is 1.39. The molecule has 4 heteroatoms. The van der Waals surface area contributed by atoms with Crippen molar-refractivity contribution in [2.75, 3.05) is 7.05 Å². The monoisotopic (exact) mass is 198 g/mol. The second kappa shape index (κ2) is 3.28. The van der Waals surface area contributed by atoms with E-state index in [0.717, 1.165) is 5.56 Å². The average Bonchev–Trinajstić information content (AvgIpc) is 2.17. The van der Waals surface area contributed by atoms with Crippen LogP contribution in [0.5, 0.6) is 0 Å². The standard InChI is InChI=1S/C10H12F2N2/c1-13-9-8-7(3-2-6-14-8)4-5-10(9,11)12/h2-3,6,9,13H,4-5H2,1H3. The molecule has 0 spiro atoms. The van der Waals surface area contributed by atoms with Crippen molar-refractivity contribution in [1.82, 2.24) is 10.3 Å². The van der Waals surface area contributed by atoms with Gasteiger partial charge in [0.15, 0.2) is 0 Å². The Morgan fingerprint density at radius 2 is 2.36 bits per heavy atom. The van der Waals surface area contributed by atoms with Gasteiger partial charge < -0.3 is 5.32 Å². The van der Waals surface area contributed by atoms with Gasteiger partial charge in [0, 0.05) is 12.6 Å². The molecule has 0 saturated heterocycles. The maximum Gasteiger partial charge on any atom is 0.269 e. The second-order valence-electron chi connectivity index (χ2n) is 3.53. The van der Waals surface area contributed by atoms with E-state index in [2.05, 4.69) is 10.3 Å². The zero-order valence-corrected chi connectivity index (χ0v) is 7.93. The van der Waals surface area contributed by atoms with Gasteiger partial charge in [-0.2, -0.15) is 0 Å². The number of hydrogen-bond acceptors (Lipinski definition) is 2. The molecule has 0 amide bonds. The van der Waals surface area contributed by atoms with Crippen LogP contribution in [-0.2, 0) is 6.42 Å². The number of halogens is 2. The van der Waals surface area contributed by atoms with Crippen LogP contribution < -0.4 is 5.32 Å². The number of aromatic nitrogens is 1. The second-order valence-corrected chi connectivity index (χ2v) is 3.53. The molecule has 1 atom stereocenters. The molecule has 0 fully saturated rings.